The average molecular weight is 340 g/mol. The molecule has 20 heavy (non-hydrogen) atoms. The van der Waals surface area contributed by atoms with Crippen molar-refractivity contribution in [2.45, 2.75) is 19.8 Å². The van der Waals surface area contributed by atoms with Crippen LogP contribution in [0.1, 0.15) is 19.2 Å². The number of nitrogens with zero attached hydrogens (tertiary/aromatic N) is 2. The van der Waals surface area contributed by atoms with Crippen molar-refractivity contribution in [3.63, 3.8) is 0 Å². The van der Waals surface area contributed by atoms with E-state index < -0.39 is 0 Å². The molecule has 2 rings (SSSR count). The number of nitrogens with one attached hydrogen (secondary N) is 1. The number of rotatable bonds is 7. The number of halogens is 1. The Morgan fingerprint density at radius 2 is 2.20 bits per heavy atom. The lowest BCUT2D eigenvalue weighted by Crippen LogP contribution is -2.14. The minimum absolute atomic E-state index is 0.534. The molecule has 0 aliphatic rings. The molecule has 108 valence electrons. The molecular weight excluding hydrogens is 322 g/mol. The first-order valence-electron chi connectivity index (χ1n) is 6.61. The predicted molar refractivity (Wildman–Crippen MR) is 80.9 cm³/mol. The first-order valence-corrected chi connectivity index (χ1v) is 7.41. The highest BCUT2D eigenvalue weighted by Crippen LogP contribution is 2.29. The third-order valence-electron chi connectivity index (χ3n) is 2.86. The summed E-state index contributed by atoms with van der Waals surface area (Å²) in [6.07, 6.45) is 1.78. The highest BCUT2D eigenvalue weighted by molar-refractivity contribution is 9.10. The van der Waals surface area contributed by atoms with Crippen LogP contribution in [0.3, 0.4) is 0 Å². The van der Waals surface area contributed by atoms with E-state index in [0.29, 0.717) is 11.8 Å². The van der Waals surface area contributed by atoms with E-state index in [0.717, 1.165) is 41.7 Å². The standard InChI is InChI=1S/C14H18BrN3O2/c1-3-16-8-4-5-13-17-18-14(20-13)10-6-7-12(19-2)11(15)9-10/h6-7,9,16H,3-5,8H2,1-2H3. The quantitative estimate of drug-likeness (QED) is 0.785. The van der Waals surface area contributed by atoms with Crippen molar-refractivity contribution in [3.05, 3.63) is 28.6 Å². The molecule has 0 saturated heterocycles. The third-order valence-corrected chi connectivity index (χ3v) is 3.48. The fourth-order valence-electron chi connectivity index (χ4n) is 1.81. The smallest absolute Gasteiger partial charge is 0.247 e. The first-order chi connectivity index (χ1) is 9.74. The van der Waals surface area contributed by atoms with E-state index >= 15 is 0 Å². The summed E-state index contributed by atoms with van der Waals surface area (Å²) in [7, 11) is 1.63. The molecule has 0 saturated carbocycles. The molecule has 0 aliphatic heterocycles. The molecule has 1 aromatic carbocycles. The maximum atomic E-state index is 5.67. The van der Waals surface area contributed by atoms with Gasteiger partial charge in [-0.05, 0) is 53.6 Å². The van der Waals surface area contributed by atoms with Gasteiger partial charge in [0.1, 0.15) is 5.75 Å². The van der Waals surface area contributed by atoms with Crippen LogP contribution in [-0.2, 0) is 6.42 Å². The molecule has 0 amide bonds. The molecule has 0 aliphatic carbocycles. The van der Waals surface area contributed by atoms with Crippen molar-refractivity contribution in [2.75, 3.05) is 20.2 Å². The molecule has 1 heterocycles. The van der Waals surface area contributed by atoms with Gasteiger partial charge in [0.15, 0.2) is 0 Å². The molecule has 1 N–H and O–H groups in total. The van der Waals surface area contributed by atoms with Crippen LogP contribution in [0.5, 0.6) is 5.75 Å². The molecule has 0 unspecified atom stereocenters. The van der Waals surface area contributed by atoms with Crippen molar-refractivity contribution in [3.8, 4) is 17.2 Å². The Balaban J connectivity index is 2.03. The molecular formula is C14H18BrN3O2. The molecule has 1 aromatic heterocycles. The zero-order valence-electron chi connectivity index (χ0n) is 11.6. The van der Waals surface area contributed by atoms with Crippen LogP contribution in [0.15, 0.2) is 27.1 Å². The van der Waals surface area contributed by atoms with Gasteiger partial charge in [0, 0.05) is 12.0 Å². The monoisotopic (exact) mass is 339 g/mol. The second-order valence-electron chi connectivity index (χ2n) is 4.31. The molecule has 0 radical (unpaired) electrons. The summed E-state index contributed by atoms with van der Waals surface area (Å²) >= 11 is 3.45. The minimum atomic E-state index is 0.534. The van der Waals surface area contributed by atoms with Gasteiger partial charge in [-0.25, -0.2) is 0 Å². The summed E-state index contributed by atoms with van der Waals surface area (Å²) in [4.78, 5) is 0. The van der Waals surface area contributed by atoms with Gasteiger partial charge < -0.3 is 14.5 Å². The SMILES string of the molecule is CCNCCCc1nnc(-c2ccc(OC)c(Br)c2)o1. The van der Waals surface area contributed by atoms with Crippen LogP contribution in [0.25, 0.3) is 11.5 Å². The number of ether oxygens (including phenoxy) is 1. The number of aromatic nitrogens is 2. The van der Waals surface area contributed by atoms with Crippen molar-refractivity contribution >= 4 is 15.9 Å². The topological polar surface area (TPSA) is 60.2 Å². The van der Waals surface area contributed by atoms with E-state index in [9.17, 15) is 0 Å². The summed E-state index contributed by atoms with van der Waals surface area (Å²) in [6.45, 7) is 4.03. The highest BCUT2D eigenvalue weighted by Gasteiger charge is 2.10. The molecule has 2 aromatic rings. The summed E-state index contributed by atoms with van der Waals surface area (Å²) in [5.74, 6) is 1.98. The third kappa shape index (κ3) is 3.80. The molecule has 5 nitrogen and oxygen atoms in total. The molecule has 0 bridgehead atoms. The Kier molecular flexibility index (Phi) is 5.55. The Labute approximate surface area is 126 Å². The average Bonchev–Trinajstić information content (AvgIpc) is 2.92. The van der Waals surface area contributed by atoms with Crippen LogP contribution < -0.4 is 10.1 Å². The summed E-state index contributed by atoms with van der Waals surface area (Å²) in [5.41, 5.74) is 0.878. The van der Waals surface area contributed by atoms with Gasteiger partial charge in [0.2, 0.25) is 11.8 Å². The van der Waals surface area contributed by atoms with Crippen LogP contribution in [0, 0.1) is 0 Å². The second kappa shape index (κ2) is 7.40. The van der Waals surface area contributed by atoms with E-state index in [2.05, 4.69) is 38.4 Å². The molecule has 0 spiro atoms. The zero-order valence-corrected chi connectivity index (χ0v) is 13.2. The van der Waals surface area contributed by atoms with Crippen LogP contribution >= 0.6 is 15.9 Å². The number of benzene rings is 1. The Bertz CT molecular complexity index is 557. The summed E-state index contributed by atoms with van der Waals surface area (Å²) < 4.78 is 11.7. The number of hydrogen-bond acceptors (Lipinski definition) is 5. The van der Waals surface area contributed by atoms with Crippen molar-refractivity contribution in [1.82, 2.24) is 15.5 Å². The van der Waals surface area contributed by atoms with Gasteiger partial charge in [-0.3, -0.25) is 0 Å². The van der Waals surface area contributed by atoms with Gasteiger partial charge in [-0.1, -0.05) is 6.92 Å². The van der Waals surface area contributed by atoms with E-state index in [1.165, 1.54) is 0 Å². The lowest BCUT2D eigenvalue weighted by atomic mass is 10.2. The van der Waals surface area contributed by atoms with Gasteiger partial charge in [0.05, 0.1) is 11.6 Å². The first kappa shape index (κ1) is 15.0. The fourth-order valence-corrected chi connectivity index (χ4v) is 2.35. The molecule has 0 fully saturated rings. The number of hydrogen-bond donors (Lipinski definition) is 1. The molecule has 6 heteroatoms. The van der Waals surface area contributed by atoms with Crippen LogP contribution in [0.2, 0.25) is 0 Å². The Hall–Kier alpha value is -1.40. The highest BCUT2D eigenvalue weighted by atomic mass is 79.9. The van der Waals surface area contributed by atoms with Crippen LogP contribution in [-0.4, -0.2) is 30.4 Å². The summed E-state index contributed by atoms with van der Waals surface area (Å²) in [5, 5.41) is 11.4. The van der Waals surface area contributed by atoms with E-state index in [1.807, 2.05) is 18.2 Å². The fraction of sp³-hybridized carbons (Fsp3) is 0.429. The lowest BCUT2D eigenvalue weighted by Gasteiger charge is -2.03. The zero-order chi connectivity index (χ0) is 14.4. The number of aryl methyl sites for hydroxylation is 1. The van der Waals surface area contributed by atoms with Crippen molar-refractivity contribution < 1.29 is 9.15 Å². The minimum Gasteiger partial charge on any atom is -0.496 e. The van der Waals surface area contributed by atoms with Crippen molar-refractivity contribution in [2.24, 2.45) is 0 Å². The molecule has 0 atom stereocenters. The van der Waals surface area contributed by atoms with Gasteiger partial charge >= 0.3 is 0 Å². The van der Waals surface area contributed by atoms with E-state index in [1.54, 1.807) is 7.11 Å². The van der Waals surface area contributed by atoms with E-state index in [-0.39, 0.29) is 0 Å². The van der Waals surface area contributed by atoms with Gasteiger partial charge in [0.25, 0.3) is 0 Å². The number of methoxy groups -OCH3 is 1. The normalized spacial score (nSPS) is 10.8. The summed E-state index contributed by atoms with van der Waals surface area (Å²) in [6, 6.07) is 5.68. The largest absolute Gasteiger partial charge is 0.496 e. The lowest BCUT2D eigenvalue weighted by molar-refractivity contribution is 0.412. The predicted octanol–water partition coefficient (Wildman–Crippen LogP) is 3.05. The van der Waals surface area contributed by atoms with Crippen molar-refractivity contribution in [1.29, 1.82) is 0 Å². The maximum Gasteiger partial charge on any atom is 0.247 e. The Morgan fingerprint density at radius 1 is 1.35 bits per heavy atom. The van der Waals surface area contributed by atoms with Gasteiger partial charge in [-0.2, -0.15) is 0 Å². The Morgan fingerprint density at radius 3 is 2.90 bits per heavy atom. The maximum absolute atomic E-state index is 5.67. The van der Waals surface area contributed by atoms with E-state index in [4.69, 9.17) is 9.15 Å². The van der Waals surface area contributed by atoms with Gasteiger partial charge in [-0.15, -0.1) is 10.2 Å². The second-order valence-corrected chi connectivity index (χ2v) is 5.16. The van der Waals surface area contributed by atoms with Crippen LogP contribution in [0.4, 0.5) is 0 Å².